The molecule has 0 saturated carbocycles. The highest BCUT2D eigenvalue weighted by Crippen LogP contribution is 2.60. The Bertz CT molecular complexity index is 2600. The molecule has 2 aliphatic rings. The van der Waals surface area contributed by atoms with Crippen molar-refractivity contribution in [3.8, 4) is 16.8 Å². The van der Waals surface area contributed by atoms with Gasteiger partial charge >= 0.3 is 0 Å². The van der Waals surface area contributed by atoms with Crippen molar-refractivity contribution < 1.29 is 0 Å². The molecule has 1 spiro atoms. The van der Waals surface area contributed by atoms with E-state index in [1.54, 1.807) is 0 Å². The number of pyridine rings is 1. The number of anilines is 3. The predicted octanol–water partition coefficient (Wildman–Crippen LogP) is 10.6. The van der Waals surface area contributed by atoms with Crippen molar-refractivity contribution in [3.05, 3.63) is 202 Å². The predicted molar refractivity (Wildman–Crippen MR) is 197 cm³/mol. The van der Waals surface area contributed by atoms with Gasteiger partial charge in [-0.15, -0.1) is 0 Å². The van der Waals surface area contributed by atoms with Crippen LogP contribution >= 0.6 is 0 Å². The van der Waals surface area contributed by atoms with Crippen molar-refractivity contribution in [2.24, 2.45) is 0 Å². The summed E-state index contributed by atoms with van der Waals surface area (Å²) in [6.07, 6.45) is 0. The van der Waals surface area contributed by atoms with E-state index in [1.807, 2.05) is 22.8 Å². The summed E-state index contributed by atoms with van der Waals surface area (Å²) in [5.74, 6) is 0. The summed E-state index contributed by atoms with van der Waals surface area (Å²) in [6, 6.07) is 58.3. The van der Waals surface area contributed by atoms with Gasteiger partial charge in [-0.05, 0) is 82.1 Å². The Morgan fingerprint density at radius 1 is 0.438 bits per heavy atom. The van der Waals surface area contributed by atoms with Gasteiger partial charge in [0.05, 0.1) is 28.0 Å². The zero-order valence-corrected chi connectivity index (χ0v) is 26.4. The highest BCUT2D eigenvalue weighted by Gasteiger charge is 2.50. The number of para-hydroxylation sites is 4. The van der Waals surface area contributed by atoms with Gasteiger partial charge in [0, 0.05) is 16.5 Å². The van der Waals surface area contributed by atoms with Crippen molar-refractivity contribution in [1.29, 1.82) is 0 Å². The molecule has 2 aliphatic heterocycles. The van der Waals surface area contributed by atoms with Gasteiger partial charge in [-0.3, -0.25) is 9.36 Å². The molecule has 0 amide bonds. The second-order valence-electron chi connectivity index (χ2n) is 12.9. The highest BCUT2D eigenvalue weighted by molar-refractivity contribution is 6.09. The molecule has 0 radical (unpaired) electrons. The van der Waals surface area contributed by atoms with E-state index < -0.39 is 5.41 Å². The van der Waals surface area contributed by atoms with Crippen molar-refractivity contribution in [2.45, 2.75) is 12.3 Å². The Morgan fingerprint density at radius 3 is 1.56 bits per heavy atom. The van der Waals surface area contributed by atoms with Crippen molar-refractivity contribution >= 4 is 38.7 Å². The van der Waals surface area contributed by atoms with E-state index in [0.717, 1.165) is 55.6 Å². The van der Waals surface area contributed by atoms with Crippen LogP contribution in [-0.4, -0.2) is 4.57 Å². The van der Waals surface area contributed by atoms with E-state index in [9.17, 15) is 4.79 Å². The highest BCUT2D eigenvalue weighted by atomic mass is 16.1. The molecule has 8 aromatic rings. The van der Waals surface area contributed by atoms with E-state index >= 15 is 0 Å². The lowest BCUT2D eigenvalue weighted by atomic mass is 9.60. The summed E-state index contributed by atoms with van der Waals surface area (Å²) in [7, 11) is 0. The van der Waals surface area contributed by atoms with Gasteiger partial charge in [0.1, 0.15) is 0 Å². The van der Waals surface area contributed by atoms with Crippen molar-refractivity contribution in [3.63, 3.8) is 0 Å². The molecule has 7 aromatic carbocycles. The minimum absolute atomic E-state index is 0.0144. The molecular formula is C45H30N2O. The summed E-state index contributed by atoms with van der Waals surface area (Å²) < 4.78 is 1.97. The summed E-state index contributed by atoms with van der Waals surface area (Å²) >= 11 is 0. The molecule has 0 bridgehead atoms. The van der Waals surface area contributed by atoms with Crippen LogP contribution in [-0.2, 0) is 5.41 Å². The average molecular weight is 615 g/mol. The lowest BCUT2D eigenvalue weighted by molar-refractivity contribution is 0.709. The van der Waals surface area contributed by atoms with Gasteiger partial charge in [-0.1, -0.05) is 133 Å². The SMILES string of the molecule is Cc1ccc(-c2ccc(N3c4ccccc4C4(c5ccccc53)c3ccccc3-n3c(=O)c5ccccc5c5cccc4c53)cc2)cc1. The van der Waals surface area contributed by atoms with Gasteiger partial charge in [-0.2, -0.15) is 0 Å². The van der Waals surface area contributed by atoms with Gasteiger partial charge < -0.3 is 4.90 Å². The quantitative estimate of drug-likeness (QED) is 0.181. The van der Waals surface area contributed by atoms with E-state index in [0.29, 0.717) is 0 Å². The first-order chi connectivity index (χ1) is 23.7. The Balaban J connectivity index is 1.30. The maximum Gasteiger partial charge on any atom is 0.263 e. The second kappa shape index (κ2) is 9.90. The Morgan fingerprint density at radius 2 is 0.917 bits per heavy atom. The molecule has 0 unspecified atom stereocenters. The minimum atomic E-state index is -0.656. The zero-order chi connectivity index (χ0) is 32.0. The maximum absolute atomic E-state index is 14.4. The summed E-state index contributed by atoms with van der Waals surface area (Å²) in [6.45, 7) is 2.12. The van der Waals surface area contributed by atoms with Crippen LogP contribution in [0.1, 0.15) is 27.8 Å². The largest absolute Gasteiger partial charge is 0.310 e. The second-order valence-corrected chi connectivity index (χ2v) is 12.9. The maximum atomic E-state index is 14.4. The fourth-order valence-electron chi connectivity index (χ4n) is 8.45. The number of benzene rings is 7. The van der Waals surface area contributed by atoms with E-state index in [2.05, 4.69) is 157 Å². The number of rotatable bonds is 2. The Kier molecular flexibility index (Phi) is 5.57. The lowest BCUT2D eigenvalue weighted by Crippen LogP contribution is -2.42. The van der Waals surface area contributed by atoms with Crippen molar-refractivity contribution in [2.75, 3.05) is 4.90 Å². The van der Waals surface area contributed by atoms with Crippen LogP contribution < -0.4 is 10.5 Å². The molecule has 3 heterocycles. The van der Waals surface area contributed by atoms with Crippen LogP contribution in [0.25, 0.3) is 38.5 Å². The lowest BCUT2D eigenvalue weighted by Gasteiger charge is -2.49. The standard InChI is InChI=1S/C45H30N2O/c1-29-21-23-30(24-22-29)31-25-27-32(28-26-31)46-40-18-7-4-14-36(40)45(37-15-5-8-19-41(37)46)38-16-6-9-20-42(38)47-43-34(13-10-17-39(43)45)33-11-2-3-12-35(33)44(47)48/h2-28H,1H3. The Labute approximate surface area is 278 Å². The summed E-state index contributed by atoms with van der Waals surface area (Å²) in [4.78, 5) is 16.8. The first kappa shape index (κ1) is 27.0. The summed E-state index contributed by atoms with van der Waals surface area (Å²) in [5, 5.41) is 2.80. The molecule has 3 nitrogen and oxygen atoms in total. The minimum Gasteiger partial charge on any atom is -0.310 e. The Hall–Kier alpha value is -6.19. The van der Waals surface area contributed by atoms with Crippen molar-refractivity contribution in [1.82, 2.24) is 4.57 Å². The molecule has 226 valence electrons. The third-order valence-corrected chi connectivity index (χ3v) is 10.5. The molecular weight excluding hydrogens is 585 g/mol. The fourth-order valence-corrected chi connectivity index (χ4v) is 8.45. The number of fused-ring (bicyclic) bond motifs is 10. The molecule has 48 heavy (non-hydrogen) atoms. The van der Waals surface area contributed by atoms with Crippen LogP contribution in [0, 0.1) is 6.92 Å². The van der Waals surface area contributed by atoms with Crippen LogP contribution in [0.15, 0.2) is 169 Å². The topological polar surface area (TPSA) is 25.2 Å². The number of nitrogens with zero attached hydrogens (tertiary/aromatic N) is 2. The van der Waals surface area contributed by atoms with E-state index in [1.165, 1.54) is 27.8 Å². The third kappa shape index (κ3) is 3.45. The van der Waals surface area contributed by atoms with Crippen LogP contribution in [0.3, 0.4) is 0 Å². The van der Waals surface area contributed by atoms with E-state index in [4.69, 9.17) is 0 Å². The number of hydrogen-bond acceptors (Lipinski definition) is 2. The van der Waals surface area contributed by atoms with E-state index in [-0.39, 0.29) is 5.56 Å². The molecule has 0 aliphatic carbocycles. The molecule has 0 fully saturated rings. The van der Waals surface area contributed by atoms with Gasteiger partial charge in [0.15, 0.2) is 0 Å². The van der Waals surface area contributed by atoms with Crippen LogP contribution in [0.5, 0.6) is 0 Å². The van der Waals surface area contributed by atoms with Gasteiger partial charge in [-0.25, -0.2) is 0 Å². The molecule has 0 saturated heterocycles. The molecule has 1 aromatic heterocycles. The number of aromatic nitrogens is 1. The smallest absolute Gasteiger partial charge is 0.263 e. The molecule has 0 atom stereocenters. The number of aryl methyl sites for hydroxylation is 1. The van der Waals surface area contributed by atoms with Crippen LogP contribution in [0.2, 0.25) is 0 Å². The molecule has 10 rings (SSSR count). The van der Waals surface area contributed by atoms with Gasteiger partial charge in [0.25, 0.3) is 5.56 Å². The monoisotopic (exact) mass is 614 g/mol. The average Bonchev–Trinajstić information content (AvgIpc) is 3.15. The van der Waals surface area contributed by atoms with Crippen LogP contribution in [0.4, 0.5) is 17.1 Å². The first-order valence-electron chi connectivity index (χ1n) is 16.5. The molecule has 0 N–H and O–H groups in total. The zero-order valence-electron chi connectivity index (χ0n) is 26.4. The third-order valence-electron chi connectivity index (χ3n) is 10.5. The normalized spacial score (nSPS) is 13.7. The molecule has 3 heteroatoms. The summed E-state index contributed by atoms with van der Waals surface area (Å²) in [5.41, 5.74) is 12.9. The number of hydrogen-bond donors (Lipinski definition) is 0. The van der Waals surface area contributed by atoms with Gasteiger partial charge in [0.2, 0.25) is 0 Å². The fraction of sp³-hybridized carbons (Fsp3) is 0.0444. The first-order valence-corrected chi connectivity index (χ1v) is 16.5.